The molecule has 0 aliphatic carbocycles. The second kappa shape index (κ2) is 7.11. The number of urea groups is 1. The number of aromatic nitrogens is 2. The monoisotopic (exact) mass is 361 g/mol. The van der Waals surface area contributed by atoms with Crippen molar-refractivity contribution in [2.75, 3.05) is 13.6 Å². The number of H-pyrrole nitrogens is 1. The van der Waals surface area contributed by atoms with Gasteiger partial charge in [0.25, 0.3) is 5.91 Å². The summed E-state index contributed by atoms with van der Waals surface area (Å²) in [6, 6.07) is 2.91. The van der Waals surface area contributed by atoms with Crippen LogP contribution >= 0.6 is 0 Å². The fourth-order valence-electron chi connectivity index (χ4n) is 2.90. The molecule has 1 aromatic heterocycles. The molecule has 0 radical (unpaired) electrons. The fraction of sp³-hybridized carbons (Fsp3) is 0.412. The molecule has 1 unspecified atom stereocenters. The van der Waals surface area contributed by atoms with Gasteiger partial charge >= 0.3 is 6.03 Å². The highest BCUT2D eigenvalue weighted by molar-refractivity contribution is 6.05. The molecule has 1 aliphatic rings. The normalized spacial score (nSPS) is 17.0. The summed E-state index contributed by atoms with van der Waals surface area (Å²) in [5.74, 6) is -0.536. The Hall–Kier alpha value is -2.97. The molecule has 4 amide bonds. The van der Waals surface area contributed by atoms with Gasteiger partial charge in [-0.2, -0.15) is 0 Å². The number of rotatable bonds is 6. The highest BCUT2D eigenvalue weighted by atomic mass is 19.1. The molecule has 8 nitrogen and oxygen atoms in total. The Morgan fingerprint density at radius 2 is 2.15 bits per heavy atom. The lowest BCUT2D eigenvalue weighted by molar-refractivity contribution is -0.135. The highest BCUT2D eigenvalue weighted by Gasteiger charge is 2.38. The van der Waals surface area contributed by atoms with Crippen LogP contribution in [-0.4, -0.2) is 57.2 Å². The van der Waals surface area contributed by atoms with Crippen LogP contribution in [0.2, 0.25) is 0 Å². The minimum absolute atomic E-state index is 0.115. The summed E-state index contributed by atoms with van der Waals surface area (Å²) < 4.78 is 13.2. The minimum atomic E-state index is -0.839. The Morgan fingerprint density at radius 3 is 2.88 bits per heavy atom. The zero-order valence-corrected chi connectivity index (χ0v) is 14.6. The maximum Gasteiger partial charge on any atom is 0.324 e. The number of imidazole rings is 1. The predicted molar refractivity (Wildman–Crippen MR) is 91.5 cm³/mol. The Labute approximate surface area is 149 Å². The van der Waals surface area contributed by atoms with Crippen molar-refractivity contribution in [1.82, 2.24) is 25.1 Å². The van der Waals surface area contributed by atoms with Crippen LogP contribution in [0.1, 0.15) is 25.6 Å². The van der Waals surface area contributed by atoms with Gasteiger partial charge in [0, 0.05) is 13.6 Å². The number of benzene rings is 1. The Bertz CT molecular complexity index is 865. The molecule has 0 spiro atoms. The zero-order valence-electron chi connectivity index (χ0n) is 14.6. The van der Waals surface area contributed by atoms with Crippen molar-refractivity contribution in [3.8, 4) is 0 Å². The molecule has 2 N–H and O–H groups in total. The van der Waals surface area contributed by atoms with Gasteiger partial charge in [0.15, 0.2) is 0 Å². The first-order chi connectivity index (χ1) is 12.4. The number of carbonyl (C=O) groups is 3. The van der Waals surface area contributed by atoms with Gasteiger partial charge in [-0.15, -0.1) is 0 Å². The van der Waals surface area contributed by atoms with Gasteiger partial charge in [0.1, 0.15) is 17.7 Å². The zero-order chi connectivity index (χ0) is 18.8. The van der Waals surface area contributed by atoms with E-state index in [4.69, 9.17) is 0 Å². The number of halogens is 1. The van der Waals surface area contributed by atoms with E-state index < -0.39 is 12.1 Å². The van der Waals surface area contributed by atoms with Gasteiger partial charge in [0.05, 0.1) is 24.0 Å². The van der Waals surface area contributed by atoms with Crippen molar-refractivity contribution < 1.29 is 18.8 Å². The Balaban J connectivity index is 1.62. The largest absolute Gasteiger partial charge is 0.340 e. The van der Waals surface area contributed by atoms with Crippen molar-refractivity contribution in [2.24, 2.45) is 0 Å². The molecular formula is C17H20FN5O3. The van der Waals surface area contributed by atoms with E-state index in [1.807, 2.05) is 6.92 Å². The smallest absolute Gasteiger partial charge is 0.324 e. The minimum Gasteiger partial charge on any atom is -0.340 e. The molecule has 2 aromatic rings. The van der Waals surface area contributed by atoms with Gasteiger partial charge in [-0.25, -0.2) is 14.2 Å². The molecule has 0 saturated carbocycles. The van der Waals surface area contributed by atoms with Crippen LogP contribution in [-0.2, 0) is 16.1 Å². The van der Waals surface area contributed by atoms with E-state index in [1.165, 1.54) is 17.0 Å². The summed E-state index contributed by atoms with van der Waals surface area (Å²) in [6.07, 6.45) is 0.544. The summed E-state index contributed by atoms with van der Waals surface area (Å²) in [5, 5.41) is 2.54. The van der Waals surface area contributed by atoms with E-state index >= 15 is 0 Å². The van der Waals surface area contributed by atoms with Crippen LogP contribution < -0.4 is 5.32 Å². The fourth-order valence-corrected chi connectivity index (χ4v) is 2.90. The van der Waals surface area contributed by atoms with Crippen LogP contribution in [0.25, 0.3) is 11.0 Å². The first kappa shape index (κ1) is 17.8. The number of hydrogen-bond acceptors (Lipinski definition) is 4. The number of fused-ring (bicyclic) bond motifs is 1. The van der Waals surface area contributed by atoms with E-state index in [0.29, 0.717) is 29.8 Å². The van der Waals surface area contributed by atoms with E-state index in [0.717, 1.165) is 4.90 Å². The molecule has 2 heterocycles. The van der Waals surface area contributed by atoms with E-state index in [-0.39, 0.29) is 30.6 Å². The predicted octanol–water partition coefficient (Wildman–Crippen LogP) is 1.38. The summed E-state index contributed by atoms with van der Waals surface area (Å²) in [4.78, 5) is 46.2. The first-order valence-electron chi connectivity index (χ1n) is 8.39. The molecular weight excluding hydrogens is 341 g/mol. The van der Waals surface area contributed by atoms with Crippen molar-refractivity contribution >= 4 is 28.9 Å². The number of nitrogens with one attached hydrogen (secondary N) is 2. The van der Waals surface area contributed by atoms with Crippen molar-refractivity contribution in [2.45, 2.75) is 32.4 Å². The third-order valence-corrected chi connectivity index (χ3v) is 4.24. The van der Waals surface area contributed by atoms with Crippen molar-refractivity contribution in [3.05, 3.63) is 29.8 Å². The molecule has 1 aliphatic heterocycles. The van der Waals surface area contributed by atoms with Gasteiger partial charge < -0.3 is 15.2 Å². The lowest BCUT2D eigenvalue weighted by Crippen LogP contribution is -2.37. The van der Waals surface area contributed by atoms with E-state index in [9.17, 15) is 18.8 Å². The number of carbonyl (C=O) groups excluding carboxylic acids is 3. The molecule has 9 heteroatoms. The Kier molecular flexibility index (Phi) is 4.88. The standard InChI is InChI=1S/C17H20FN5O3/c1-3-6-23-16(25)13(21-17(23)26)8-15(24)22(2)9-14-19-11-5-4-10(18)7-12(11)20-14/h4-5,7,13H,3,6,8-9H2,1-2H3,(H,19,20)(H,21,26). The molecule has 3 rings (SSSR count). The first-order valence-corrected chi connectivity index (χ1v) is 8.39. The number of hydrogen-bond donors (Lipinski definition) is 2. The summed E-state index contributed by atoms with van der Waals surface area (Å²) in [5.41, 5.74) is 1.16. The van der Waals surface area contributed by atoms with E-state index in [1.54, 1.807) is 13.1 Å². The number of imide groups is 1. The van der Waals surface area contributed by atoms with Gasteiger partial charge in [-0.1, -0.05) is 6.92 Å². The van der Waals surface area contributed by atoms with Crippen molar-refractivity contribution in [3.63, 3.8) is 0 Å². The number of aromatic amines is 1. The SMILES string of the molecule is CCCN1C(=O)NC(CC(=O)N(C)Cc2nc3ccc(F)cc3[nH]2)C1=O. The molecule has 138 valence electrons. The summed E-state index contributed by atoms with van der Waals surface area (Å²) in [7, 11) is 1.58. The van der Waals surface area contributed by atoms with E-state index in [2.05, 4.69) is 15.3 Å². The average Bonchev–Trinajstić information content (AvgIpc) is 3.09. The second-order valence-corrected chi connectivity index (χ2v) is 6.29. The number of nitrogens with zero attached hydrogens (tertiary/aromatic N) is 3. The molecule has 1 atom stereocenters. The molecule has 1 saturated heterocycles. The lowest BCUT2D eigenvalue weighted by Gasteiger charge is -2.17. The summed E-state index contributed by atoms with van der Waals surface area (Å²) >= 11 is 0. The maximum absolute atomic E-state index is 13.2. The van der Waals surface area contributed by atoms with Gasteiger partial charge in [0.2, 0.25) is 5.91 Å². The van der Waals surface area contributed by atoms with Crippen LogP contribution in [0, 0.1) is 5.82 Å². The molecule has 26 heavy (non-hydrogen) atoms. The van der Waals surface area contributed by atoms with Crippen LogP contribution in [0.4, 0.5) is 9.18 Å². The molecule has 1 fully saturated rings. The maximum atomic E-state index is 13.2. The third kappa shape index (κ3) is 3.51. The van der Waals surface area contributed by atoms with Crippen molar-refractivity contribution in [1.29, 1.82) is 0 Å². The van der Waals surface area contributed by atoms with Crippen LogP contribution in [0.15, 0.2) is 18.2 Å². The summed E-state index contributed by atoms with van der Waals surface area (Å²) in [6.45, 7) is 2.38. The Morgan fingerprint density at radius 1 is 1.38 bits per heavy atom. The average molecular weight is 361 g/mol. The van der Waals surface area contributed by atoms with Crippen LogP contribution in [0.3, 0.4) is 0 Å². The number of amides is 4. The highest BCUT2D eigenvalue weighted by Crippen LogP contribution is 2.15. The molecule has 1 aromatic carbocycles. The third-order valence-electron chi connectivity index (χ3n) is 4.24. The van der Waals surface area contributed by atoms with Gasteiger partial charge in [-0.05, 0) is 24.6 Å². The second-order valence-electron chi connectivity index (χ2n) is 6.29. The quantitative estimate of drug-likeness (QED) is 0.760. The molecule has 0 bridgehead atoms. The topological polar surface area (TPSA) is 98.4 Å². The van der Waals surface area contributed by atoms with Crippen LogP contribution in [0.5, 0.6) is 0 Å². The van der Waals surface area contributed by atoms with Gasteiger partial charge in [-0.3, -0.25) is 14.5 Å². The lowest BCUT2D eigenvalue weighted by atomic mass is 10.2.